The summed E-state index contributed by atoms with van der Waals surface area (Å²) in [7, 11) is 0. The number of carbonyl (C=O) groups is 1. The molecule has 0 aliphatic rings. The van der Waals surface area contributed by atoms with Crippen LogP contribution < -0.4 is 10.1 Å². The van der Waals surface area contributed by atoms with Crippen LogP contribution in [0.1, 0.15) is 25.7 Å². The number of benzene rings is 2. The average Bonchev–Trinajstić information content (AvgIpc) is 3.16. The van der Waals surface area contributed by atoms with Crippen LogP contribution >= 0.6 is 11.6 Å². The first-order valence-electron chi connectivity index (χ1n) is 8.76. The second kappa shape index (κ2) is 9.19. The minimum Gasteiger partial charge on any atom is -0.484 e. The normalized spacial score (nSPS) is 10.6. The predicted octanol–water partition coefficient (Wildman–Crippen LogP) is 4.75. The van der Waals surface area contributed by atoms with Gasteiger partial charge in [0.2, 0.25) is 11.7 Å². The third-order valence-corrected chi connectivity index (χ3v) is 4.17. The van der Waals surface area contributed by atoms with Crippen LogP contribution in [0.25, 0.3) is 11.4 Å². The van der Waals surface area contributed by atoms with Crippen LogP contribution in [-0.4, -0.2) is 22.7 Å². The first kappa shape index (κ1) is 18.9. The molecule has 0 aliphatic carbocycles. The van der Waals surface area contributed by atoms with Crippen LogP contribution in [0, 0.1) is 0 Å². The van der Waals surface area contributed by atoms with Crippen LogP contribution in [0.4, 0.5) is 5.69 Å². The van der Waals surface area contributed by atoms with E-state index in [9.17, 15) is 4.79 Å². The zero-order valence-electron chi connectivity index (χ0n) is 14.9. The number of hydrogen-bond acceptors (Lipinski definition) is 5. The Morgan fingerprint density at radius 3 is 2.70 bits per heavy atom. The van der Waals surface area contributed by atoms with Crippen molar-refractivity contribution in [2.45, 2.75) is 26.2 Å². The van der Waals surface area contributed by atoms with E-state index in [1.54, 1.807) is 36.4 Å². The van der Waals surface area contributed by atoms with Gasteiger partial charge in [-0.15, -0.1) is 0 Å². The van der Waals surface area contributed by atoms with Gasteiger partial charge >= 0.3 is 0 Å². The van der Waals surface area contributed by atoms with Crippen LogP contribution in [0.3, 0.4) is 0 Å². The van der Waals surface area contributed by atoms with Crippen molar-refractivity contribution >= 4 is 23.2 Å². The summed E-state index contributed by atoms with van der Waals surface area (Å²) in [4.78, 5) is 16.4. The first-order chi connectivity index (χ1) is 13.2. The van der Waals surface area contributed by atoms with E-state index in [-0.39, 0.29) is 12.5 Å². The lowest BCUT2D eigenvalue weighted by Crippen LogP contribution is -2.20. The van der Waals surface area contributed by atoms with E-state index in [4.69, 9.17) is 20.9 Å². The number of aryl methyl sites for hydroxylation is 1. The SMILES string of the molecule is CCCCc1nc(-c2ccc(OCC(=O)Nc3ccccc3Cl)cc2)no1. The number of halogens is 1. The van der Waals surface area contributed by atoms with Crippen molar-refractivity contribution in [3.63, 3.8) is 0 Å². The summed E-state index contributed by atoms with van der Waals surface area (Å²) in [6, 6.07) is 14.2. The summed E-state index contributed by atoms with van der Waals surface area (Å²) in [5.41, 5.74) is 1.38. The Balaban J connectivity index is 1.54. The highest BCUT2D eigenvalue weighted by atomic mass is 35.5. The average molecular weight is 386 g/mol. The molecule has 1 N–H and O–H groups in total. The molecule has 6 nitrogen and oxygen atoms in total. The van der Waals surface area contributed by atoms with Gasteiger partial charge < -0.3 is 14.6 Å². The molecular weight excluding hydrogens is 366 g/mol. The van der Waals surface area contributed by atoms with Crippen molar-refractivity contribution < 1.29 is 14.1 Å². The van der Waals surface area contributed by atoms with Gasteiger partial charge in [-0.1, -0.05) is 42.2 Å². The van der Waals surface area contributed by atoms with Gasteiger partial charge in [0, 0.05) is 12.0 Å². The molecule has 0 radical (unpaired) electrons. The van der Waals surface area contributed by atoms with Gasteiger partial charge in [-0.05, 0) is 42.8 Å². The van der Waals surface area contributed by atoms with Gasteiger partial charge in [-0.2, -0.15) is 4.98 Å². The lowest BCUT2D eigenvalue weighted by Gasteiger charge is -2.08. The number of carbonyl (C=O) groups excluding carboxylic acids is 1. The fourth-order valence-corrected chi connectivity index (χ4v) is 2.58. The number of aromatic nitrogens is 2. The minimum absolute atomic E-state index is 0.117. The number of hydrogen-bond donors (Lipinski definition) is 1. The molecule has 7 heteroatoms. The van der Waals surface area contributed by atoms with E-state index in [0.29, 0.717) is 28.2 Å². The third-order valence-electron chi connectivity index (χ3n) is 3.84. The number of anilines is 1. The monoisotopic (exact) mass is 385 g/mol. The number of ether oxygens (including phenoxy) is 1. The van der Waals surface area contributed by atoms with E-state index in [2.05, 4.69) is 22.4 Å². The zero-order chi connectivity index (χ0) is 19.1. The number of para-hydroxylation sites is 1. The molecule has 1 heterocycles. The summed E-state index contributed by atoms with van der Waals surface area (Å²) in [5, 5.41) is 7.18. The molecule has 0 saturated carbocycles. The lowest BCUT2D eigenvalue weighted by atomic mass is 10.2. The Hall–Kier alpha value is -2.86. The van der Waals surface area contributed by atoms with Gasteiger partial charge in [0.1, 0.15) is 5.75 Å². The second-order valence-corrected chi connectivity index (χ2v) is 6.36. The fraction of sp³-hybridized carbons (Fsp3) is 0.250. The Kier molecular flexibility index (Phi) is 6.44. The number of unbranched alkanes of at least 4 members (excludes halogenated alkanes) is 1. The molecule has 27 heavy (non-hydrogen) atoms. The molecule has 2 aromatic carbocycles. The predicted molar refractivity (Wildman–Crippen MR) is 104 cm³/mol. The van der Waals surface area contributed by atoms with E-state index >= 15 is 0 Å². The van der Waals surface area contributed by atoms with E-state index in [1.165, 1.54) is 0 Å². The van der Waals surface area contributed by atoms with Crippen LogP contribution in [-0.2, 0) is 11.2 Å². The molecule has 0 unspecified atom stereocenters. The van der Waals surface area contributed by atoms with Crippen molar-refractivity contribution in [3.05, 3.63) is 59.4 Å². The van der Waals surface area contributed by atoms with Crippen LogP contribution in [0.15, 0.2) is 53.1 Å². The van der Waals surface area contributed by atoms with E-state index < -0.39 is 0 Å². The van der Waals surface area contributed by atoms with Gasteiger partial charge in [-0.25, -0.2) is 0 Å². The molecule has 0 bridgehead atoms. The topological polar surface area (TPSA) is 77.2 Å². The van der Waals surface area contributed by atoms with Crippen molar-refractivity contribution in [3.8, 4) is 17.1 Å². The molecule has 0 atom stereocenters. The highest BCUT2D eigenvalue weighted by Gasteiger charge is 2.09. The van der Waals surface area contributed by atoms with Gasteiger partial charge in [0.05, 0.1) is 10.7 Å². The molecule has 3 rings (SSSR count). The van der Waals surface area contributed by atoms with Gasteiger partial charge in [0.15, 0.2) is 6.61 Å². The standard InChI is InChI=1S/C20H20ClN3O3/c1-2-3-8-19-23-20(24-27-19)14-9-11-15(12-10-14)26-13-18(25)22-17-7-5-4-6-16(17)21/h4-7,9-12H,2-3,8,13H2,1H3,(H,22,25). The number of rotatable bonds is 8. The maximum Gasteiger partial charge on any atom is 0.262 e. The third kappa shape index (κ3) is 5.31. The van der Waals surface area contributed by atoms with E-state index in [1.807, 2.05) is 12.1 Å². The Morgan fingerprint density at radius 1 is 1.19 bits per heavy atom. The maximum atomic E-state index is 12.0. The van der Waals surface area contributed by atoms with Crippen molar-refractivity contribution in [1.29, 1.82) is 0 Å². The minimum atomic E-state index is -0.286. The summed E-state index contributed by atoms with van der Waals surface area (Å²) in [5.74, 6) is 1.47. The smallest absolute Gasteiger partial charge is 0.262 e. The van der Waals surface area contributed by atoms with Crippen LogP contribution in [0.5, 0.6) is 5.75 Å². The summed E-state index contributed by atoms with van der Waals surface area (Å²) in [6.45, 7) is 2.00. The van der Waals surface area contributed by atoms with Gasteiger partial charge in [-0.3, -0.25) is 4.79 Å². The number of nitrogens with zero attached hydrogens (tertiary/aromatic N) is 2. The Bertz CT molecular complexity index is 893. The second-order valence-electron chi connectivity index (χ2n) is 5.96. The quantitative estimate of drug-likeness (QED) is 0.605. The number of nitrogens with one attached hydrogen (secondary N) is 1. The summed E-state index contributed by atoms with van der Waals surface area (Å²) in [6.07, 6.45) is 2.88. The van der Waals surface area contributed by atoms with Crippen molar-refractivity contribution in [2.24, 2.45) is 0 Å². The van der Waals surface area contributed by atoms with E-state index in [0.717, 1.165) is 24.8 Å². The molecule has 3 aromatic rings. The maximum absolute atomic E-state index is 12.0. The van der Waals surface area contributed by atoms with Crippen molar-refractivity contribution in [2.75, 3.05) is 11.9 Å². The summed E-state index contributed by atoms with van der Waals surface area (Å²) >= 11 is 6.02. The number of amides is 1. The molecule has 0 aliphatic heterocycles. The Morgan fingerprint density at radius 2 is 1.96 bits per heavy atom. The van der Waals surface area contributed by atoms with Crippen LogP contribution in [0.2, 0.25) is 5.02 Å². The molecule has 0 spiro atoms. The first-order valence-corrected chi connectivity index (χ1v) is 9.13. The fourth-order valence-electron chi connectivity index (χ4n) is 2.40. The molecule has 0 fully saturated rings. The highest BCUT2D eigenvalue weighted by Crippen LogP contribution is 2.22. The molecule has 0 saturated heterocycles. The Labute approximate surface area is 162 Å². The summed E-state index contributed by atoms with van der Waals surface area (Å²) < 4.78 is 10.8. The largest absolute Gasteiger partial charge is 0.484 e. The zero-order valence-corrected chi connectivity index (χ0v) is 15.7. The lowest BCUT2D eigenvalue weighted by molar-refractivity contribution is -0.118. The highest BCUT2D eigenvalue weighted by molar-refractivity contribution is 6.33. The van der Waals surface area contributed by atoms with Crippen molar-refractivity contribution in [1.82, 2.24) is 10.1 Å². The molecule has 1 aromatic heterocycles. The molecule has 1 amide bonds. The molecule has 140 valence electrons. The van der Waals surface area contributed by atoms with Gasteiger partial charge in [0.25, 0.3) is 5.91 Å². The molecular formula is C20H20ClN3O3.